The first kappa shape index (κ1) is 18.8. The molecule has 0 bridgehead atoms. The number of nitrogens with zero attached hydrogens (tertiary/aromatic N) is 3. The zero-order valence-electron chi connectivity index (χ0n) is 15.4. The molecule has 0 radical (unpaired) electrons. The Kier molecular flexibility index (Phi) is 5.24. The minimum absolute atomic E-state index is 0.153. The van der Waals surface area contributed by atoms with Crippen LogP contribution in [0.5, 0.6) is 0 Å². The molecule has 2 heterocycles. The lowest BCUT2D eigenvalue weighted by molar-refractivity contribution is 0.100. The number of rotatable bonds is 3. The molecule has 28 heavy (non-hydrogen) atoms. The number of carbonyl (C=O) groups is 1. The first-order valence-electron chi connectivity index (χ1n) is 8.87. The van der Waals surface area contributed by atoms with Crippen LogP contribution in [0.2, 0.25) is 5.02 Å². The fourth-order valence-corrected chi connectivity index (χ4v) is 4.18. The van der Waals surface area contributed by atoms with Gasteiger partial charge in [-0.3, -0.25) is 14.7 Å². The van der Waals surface area contributed by atoms with E-state index in [1.165, 1.54) is 0 Å². The van der Waals surface area contributed by atoms with Gasteiger partial charge in [0.05, 0.1) is 11.7 Å². The van der Waals surface area contributed by atoms with Crippen molar-refractivity contribution >= 4 is 40.1 Å². The van der Waals surface area contributed by atoms with Crippen LogP contribution in [0.3, 0.4) is 0 Å². The van der Waals surface area contributed by atoms with Gasteiger partial charge in [-0.1, -0.05) is 58.9 Å². The predicted octanol–water partition coefficient (Wildman–Crippen LogP) is 5.44. The third-order valence-corrected chi connectivity index (χ3v) is 5.83. The second-order valence-electron chi connectivity index (χ2n) is 6.52. The molecule has 3 aromatic rings. The van der Waals surface area contributed by atoms with Gasteiger partial charge in [-0.05, 0) is 38.1 Å². The van der Waals surface area contributed by atoms with Crippen LogP contribution < -0.4 is 4.90 Å². The molecular formula is C21H18ClN3O2S. The summed E-state index contributed by atoms with van der Waals surface area (Å²) in [5.74, 6) is 1.08. The molecule has 1 aromatic heterocycles. The van der Waals surface area contributed by atoms with Gasteiger partial charge in [-0.25, -0.2) is 0 Å². The zero-order chi connectivity index (χ0) is 19.7. The smallest absolute Gasteiger partial charge is 0.270 e. The Balaban J connectivity index is 1.82. The van der Waals surface area contributed by atoms with Gasteiger partial charge in [-0.15, -0.1) is 0 Å². The number of aryl methyl sites for hydroxylation is 1. The van der Waals surface area contributed by atoms with Crippen LogP contribution in [0.1, 0.15) is 23.0 Å². The molecule has 142 valence electrons. The van der Waals surface area contributed by atoms with Crippen molar-refractivity contribution < 1.29 is 9.32 Å². The maximum atomic E-state index is 13.7. The molecule has 7 heteroatoms. The quantitative estimate of drug-likeness (QED) is 0.575. The first-order chi connectivity index (χ1) is 13.5. The largest absolute Gasteiger partial charge is 0.360 e. The third kappa shape index (κ3) is 3.57. The van der Waals surface area contributed by atoms with Gasteiger partial charge in [-0.2, -0.15) is 0 Å². The fraction of sp³-hybridized carbons (Fsp3) is 0.190. The van der Waals surface area contributed by atoms with Crippen molar-refractivity contribution in [2.24, 2.45) is 4.99 Å². The Morgan fingerprint density at radius 1 is 1.18 bits per heavy atom. The van der Waals surface area contributed by atoms with E-state index in [0.717, 1.165) is 11.3 Å². The Labute approximate surface area is 172 Å². The van der Waals surface area contributed by atoms with E-state index >= 15 is 0 Å². The van der Waals surface area contributed by atoms with Crippen molar-refractivity contribution in [2.45, 2.75) is 19.9 Å². The number of carbonyl (C=O) groups excluding carboxylic acids is 1. The minimum Gasteiger partial charge on any atom is -0.360 e. The lowest BCUT2D eigenvalue weighted by Gasteiger charge is -2.22. The highest BCUT2D eigenvalue weighted by atomic mass is 35.5. The number of amides is 1. The Morgan fingerprint density at radius 2 is 1.89 bits per heavy atom. The molecule has 0 spiro atoms. The Hall–Kier alpha value is -2.57. The van der Waals surface area contributed by atoms with Crippen molar-refractivity contribution in [3.63, 3.8) is 0 Å². The van der Waals surface area contributed by atoms with Gasteiger partial charge in [0.25, 0.3) is 5.91 Å². The normalized spacial score (nSPS) is 16.1. The third-order valence-electron chi connectivity index (χ3n) is 4.39. The van der Waals surface area contributed by atoms with Gasteiger partial charge in [0.15, 0.2) is 5.17 Å². The zero-order valence-corrected chi connectivity index (χ0v) is 17.0. The molecule has 2 aromatic carbocycles. The second-order valence-corrected chi connectivity index (χ2v) is 7.94. The number of amidine groups is 1. The summed E-state index contributed by atoms with van der Waals surface area (Å²) in [7, 11) is 0. The van der Waals surface area contributed by atoms with Crippen LogP contribution in [0, 0.1) is 6.92 Å². The molecule has 1 amide bonds. The number of hydrogen-bond acceptors (Lipinski definition) is 5. The number of thioether (sulfide) groups is 1. The van der Waals surface area contributed by atoms with E-state index in [9.17, 15) is 4.79 Å². The molecule has 0 saturated heterocycles. The summed E-state index contributed by atoms with van der Waals surface area (Å²) in [5, 5.41) is 5.42. The molecule has 0 unspecified atom stereocenters. The summed E-state index contributed by atoms with van der Waals surface area (Å²) < 4.78 is 5.39. The fourth-order valence-electron chi connectivity index (χ4n) is 3.01. The van der Waals surface area contributed by atoms with Crippen LogP contribution >= 0.6 is 23.4 Å². The average molecular weight is 412 g/mol. The van der Waals surface area contributed by atoms with Crippen molar-refractivity contribution in [2.75, 3.05) is 10.7 Å². The molecule has 5 nitrogen and oxygen atoms in total. The van der Waals surface area contributed by atoms with E-state index in [4.69, 9.17) is 16.1 Å². The van der Waals surface area contributed by atoms with Crippen LogP contribution in [0.15, 0.2) is 64.1 Å². The highest BCUT2D eigenvalue weighted by Gasteiger charge is 2.32. The molecule has 0 saturated carbocycles. The molecule has 0 aliphatic carbocycles. The maximum Gasteiger partial charge on any atom is 0.270 e. The summed E-state index contributed by atoms with van der Waals surface area (Å²) >= 11 is 7.61. The van der Waals surface area contributed by atoms with E-state index in [0.29, 0.717) is 32.9 Å². The summed E-state index contributed by atoms with van der Waals surface area (Å²) in [6, 6.07) is 16.9. The minimum atomic E-state index is -0.222. The van der Waals surface area contributed by atoms with Gasteiger partial charge in [0.2, 0.25) is 0 Å². The maximum absolute atomic E-state index is 13.7. The lowest BCUT2D eigenvalue weighted by Crippen LogP contribution is -2.35. The van der Waals surface area contributed by atoms with Crippen molar-refractivity contribution in [3.05, 3.63) is 70.9 Å². The van der Waals surface area contributed by atoms with E-state index in [-0.39, 0.29) is 11.9 Å². The number of aliphatic imine (C=N–C) groups is 1. The SMILES string of the molecule is Cc1onc(-c2ccccc2)c1C(=O)N(C1=N[C@H](C)CS1)c1ccc(Cl)cc1. The summed E-state index contributed by atoms with van der Waals surface area (Å²) in [5.41, 5.74) is 2.49. The summed E-state index contributed by atoms with van der Waals surface area (Å²) in [6.07, 6.45) is 0. The van der Waals surface area contributed by atoms with Crippen molar-refractivity contribution in [3.8, 4) is 11.3 Å². The second kappa shape index (κ2) is 7.81. The molecule has 1 aliphatic rings. The standard InChI is InChI=1S/C21H18ClN3O2S/c1-13-12-28-21(23-13)25(17-10-8-16(22)9-11-17)20(26)18-14(2)27-24-19(18)15-6-4-3-5-7-15/h3-11,13H,12H2,1-2H3/t13-/m1/s1. The molecule has 1 aliphatic heterocycles. The van der Waals surface area contributed by atoms with E-state index in [2.05, 4.69) is 10.1 Å². The Bertz CT molecular complexity index is 1030. The highest BCUT2D eigenvalue weighted by Crippen LogP contribution is 2.32. The van der Waals surface area contributed by atoms with Crippen LogP contribution in [-0.4, -0.2) is 28.0 Å². The number of aromatic nitrogens is 1. The topological polar surface area (TPSA) is 58.7 Å². The monoisotopic (exact) mass is 411 g/mol. The summed E-state index contributed by atoms with van der Waals surface area (Å²) in [4.78, 5) is 20.0. The van der Waals surface area contributed by atoms with E-state index in [1.54, 1.807) is 35.7 Å². The average Bonchev–Trinajstić information content (AvgIpc) is 3.30. The predicted molar refractivity (Wildman–Crippen MR) is 114 cm³/mol. The number of hydrogen-bond donors (Lipinski definition) is 0. The highest BCUT2D eigenvalue weighted by molar-refractivity contribution is 8.14. The molecule has 4 rings (SSSR count). The van der Waals surface area contributed by atoms with Crippen molar-refractivity contribution in [1.82, 2.24) is 5.16 Å². The van der Waals surface area contributed by atoms with E-state index < -0.39 is 0 Å². The molecule has 0 N–H and O–H groups in total. The summed E-state index contributed by atoms with van der Waals surface area (Å²) in [6.45, 7) is 3.78. The molecule has 0 fully saturated rings. The van der Waals surface area contributed by atoms with Crippen LogP contribution in [0.25, 0.3) is 11.3 Å². The van der Waals surface area contributed by atoms with Crippen LogP contribution in [-0.2, 0) is 0 Å². The number of benzene rings is 2. The Morgan fingerprint density at radius 3 is 2.54 bits per heavy atom. The lowest BCUT2D eigenvalue weighted by atomic mass is 10.1. The molecule has 1 atom stereocenters. The first-order valence-corrected chi connectivity index (χ1v) is 10.2. The van der Waals surface area contributed by atoms with Gasteiger partial charge >= 0.3 is 0 Å². The van der Waals surface area contributed by atoms with Gasteiger partial charge in [0, 0.05) is 16.3 Å². The van der Waals surface area contributed by atoms with Gasteiger partial charge < -0.3 is 4.52 Å². The van der Waals surface area contributed by atoms with Crippen LogP contribution in [0.4, 0.5) is 5.69 Å². The van der Waals surface area contributed by atoms with Crippen molar-refractivity contribution in [1.29, 1.82) is 0 Å². The van der Waals surface area contributed by atoms with Gasteiger partial charge in [0.1, 0.15) is 17.0 Å². The van der Waals surface area contributed by atoms with E-state index in [1.807, 2.05) is 49.4 Å². The molecular weight excluding hydrogens is 394 g/mol. The number of anilines is 1. The number of halogens is 1.